The first-order valence-corrected chi connectivity index (χ1v) is 7.68. The summed E-state index contributed by atoms with van der Waals surface area (Å²) in [7, 11) is 0. The molecule has 1 amide bonds. The Hall–Kier alpha value is -1.91. The molecule has 0 saturated carbocycles. The zero-order valence-corrected chi connectivity index (χ0v) is 13.0. The third-order valence-electron chi connectivity index (χ3n) is 4.52. The van der Waals surface area contributed by atoms with Gasteiger partial charge in [0.05, 0.1) is 5.92 Å². The molecule has 1 saturated heterocycles. The minimum absolute atomic E-state index is 0.0600. The molecule has 1 unspecified atom stereocenters. The quantitative estimate of drug-likeness (QED) is 0.930. The molecule has 0 radical (unpaired) electrons. The standard InChI is InChI=1S/C17H22FNO3/c1-11(13-5-3-6-14(18)10-13)9-16(20)19-8-4-7-15(12(19)2)17(21)22/h3,5-6,10-12,15H,4,7-9H2,1-2H3,(H,21,22)/t11?,12-,15-/m0/s1. The maximum Gasteiger partial charge on any atom is 0.308 e. The summed E-state index contributed by atoms with van der Waals surface area (Å²) in [4.78, 5) is 25.4. The van der Waals surface area contributed by atoms with Crippen molar-refractivity contribution in [1.82, 2.24) is 4.90 Å². The minimum Gasteiger partial charge on any atom is -0.481 e. The molecule has 2 rings (SSSR count). The van der Waals surface area contributed by atoms with Gasteiger partial charge in [-0.2, -0.15) is 0 Å². The summed E-state index contributed by atoms with van der Waals surface area (Å²) >= 11 is 0. The van der Waals surface area contributed by atoms with Crippen LogP contribution in [0.2, 0.25) is 0 Å². The third-order valence-corrected chi connectivity index (χ3v) is 4.52. The van der Waals surface area contributed by atoms with Crippen LogP contribution >= 0.6 is 0 Å². The number of hydrogen-bond acceptors (Lipinski definition) is 2. The Morgan fingerprint density at radius 3 is 2.82 bits per heavy atom. The van der Waals surface area contributed by atoms with Crippen LogP contribution in [0.5, 0.6) is 0 Å². The van der Waals surface area contributed by atoms with Gasteiger partial charge < -0.3 is 10.0 Å². The molecule has 22 heavy (non-hydrogen) atoms. The molecule has 0 aliphatic carbocycles. The van der Waals surface area contributed by atoms with Gasteiger partial charge in [-0.05, 0) is 43.4 Å². The molecule has 0 spiro atoms. The summed E-state index contributed by atoms with van der Waals surface area (Å²) in [6.45, 7) is 4.28. The minimum atomic E-state index is -0.844. The van der Waals surface area contributed by atoms with Crippen LogP contribution in [-0.4, -0.2) is 34.5 Å². The third kappa shape index (κ3) is 3.64. The van der Waals surface area contributed by atoms with Crippen molar-refractivity contribution in [3.05, 3.63) is 35.6 Å². The van der Waals surface area contributed by atoms with Gasteiger partial charge >= 0.3 is 5.97 Å². The number of piperidine rings is 1. The molecule has 1 heterocycles. The molecular formula is C17H22FNO3. The average molecular weight is 307 g/mol. The summed E-state index contributed by atoms with van der Waals surface area (Å²) in [5.74, 6) is -1.81. The van der Waals surface area contributed by atoms with Crippen LogP contribution < -0.4 is 0 Å². The van der Waals surface area contributed by atoms with Gasteiger partial charge in [0, 0.05) is 19.0 Å². The summed E-state index contributed by atoms with van der Waals surface area (Å²) in [6.07, 6.45) is 1.58. The van der Waals surface area contributed by atoms with E-state index in [0.29, 0.717) is 19.4 Å². The molecule has 0 aromatic heterocycles. The fourth-order valence-electron chi connectivity index (χ4n) is 3.14. The lowest BCUT2D eigenvalue weighted by Crippen LogP contribution is -2.49. The van der Waals surface area contributed by atoms with E-state index in [1.54, 1.807) is 24.0 Å². The van der Waals surface area contributed by atoms with Gasteiger partial charge in [-0.15, -0.1) is 0 Å². The molecule has 0 bridgehead atoms. The highest BCUT2D eigenvalue weighted by Gasteiger charge is 2.35. The van der Waals surface area contributed by atoms with Crippen molar-refractivity contribution in [2.45, 2.75) is 45.1 Å². The molecule has 1 fully saturated rings. The summed E-state index contributed by atoms with van der Waals surface area (Å²) in [5, 5.41) is 9.22. The number of rotatable bonds is 4. The van der Waals surface area contributed by atoms with Crippen molar-refractivity contribution in [1.29, 1.82) is 0 Å². The first-order valence-electron chi connectivity index (χ1n) is 7.68. The van der Waals surface area contributed by atoms with Gasteiger partial charge in [0.15, 0.2) is 0 Å². The van der Waals surface area contributed by atoms with E-state index in [9.17, 15) is 19.1 Å². The number of amides is 1. The Kier molecular flexibility index (Phi) is 5.16. The number of aliphatic carboxylic acids is 1. The van der Waals surface area contributed by atoms with E-state index in [-0.39, 0.29) is 30.1 Å². The number of benzene rings is 1. The Bertz CT molecular complexity index is 561. The second-order valence-electron chi connectivity index (χ2n) is 6.07. The monoisotopic (exact) mass is 307 g/mol. The summed E-state index contributed by atoms with van der Waals surface area (Å²) in [6, 6.07) is 5.97. The van der Waals surface area contributed by atoms with Crippen LogP contribution in [-0.2, 0) is 9.59 Å². The molecule has 1 aliphatic rings. The van der Waals surface area contributed by atoms with E-state index in [1.165, 1.54) is 12.1 Å². The number of carboxylic acids is 1. The van der Waals surface area contributed by atoms with E-state index in [1.807, 2.05) is 6.92 Å². The van der Waals surface area contributed by atoms with E-state index in [0.717, 1.165) is 5.56 Å². The number of carbonyl (C=O) groups excluding carboxylic acids is 1. The molecule has 3 atom stereocenters. The number of carboxylic acid groups (broad SMARTS) is 1. The van der Waals surface area contributed by atoms with Crippen LogP contribution in [0.1, 0.15) is 44.6 Å². The summed E-state index contributed by atoms with van der Waals surface area (Å²) < 4.78 is 13.3. The van der Waals surface area contributed by atoms with E-state index < -0.39 is 11.9 Å². The average Bonchev–Trinajstić information content (AvgIpc) is 2.46. The van der Waals surface area contributed by atoms with Gasteiger partial charge in [0.25, 0.3) is 0 Å². The molecule has 4 nitrogen and oxygen atoms in total. The van der Waals surface area contributed by atoms with Crippen molar-refractivity contribution >= 4 is 11.9 Å². The second-order valence-corrected chi connectivity index (χ2v) is 6.07. The number of halogens is 1. The van der Waals surface area contributed by atoms with Crippen LogP contribution in [0, 0.1) is 11.7 Å². The number of hydrogen-bond donors (Lipinski definition) is 1. The van der Waals surface area contributed by atoms with Crippen molar-refractivity contribution < 1.29 is 19.1 Å². The Labute approximate surface area is 129 Å². The van der Waals surface area contributed by atoms with Gasteiger partial charge in [-0.1, -0.05) is 19.1 Å². The fraction of sp³-hybridized carbons (Fsp3) is 0.529. The number of nitrogens with zero attached hydrogens (tertiary/aromatic N) is 1. The normalized spacial score (nSPS) is 23.1. The van der Waals surface area contributed by atoms with Crippen molar-refractivity contribution in [2.75, 3.05) is 6.54 Å². The Morgan fingerprint density at radius 2 is 2.18 bits per heavy atom. The smallest absolute Gasteiger partial charge is 0.308 e. The van der Waals surface area contributed by atoms with Crippen LogP contribution in [0.3, 0.4) is 0 Å². The van der Waals surface area contributed by atoms with Gasteiger partial charge in [0.2, 0.25) is 5.91 Å². The molecule has 1 aromatic carbocycles. The van der Waals surface area contributed by atoms with Gasteiger partial charge in [0.1, 0.15) is 5.82 Å². The molecule has 1 N–H and O–H groups in total. The Morgan fingerprint density at radius 1 is 1.45 bits per heavy atom. The number of likely N-dealkylation sites (tertiary alicyclic amines) is 1. The maximum atomic E-state index is 13.3. The van der Waals surface area contributed by atoms with Crippen LogP contribution in [0.15, 0.2) is 24.3 Å². The summed E-state index contributed by atoms with van der Waals surface area (Å²) in [5.41, 5.74) is 0.785. The van der Waals surface area contributed by atoms with Crippen molar-refractivity contribution in [2.24, 2.45) is 5.92 Å². The van der Waals surface area contributed by atoms with Crippen molar-refractivity contribution in [3.63, 3.8) is 0 Å². The molecule has 1 aromatic rings. The topological polar surface area (TPSA) is 57.6 Å². The predicted octanol–water partition coefficient (Wildman–Crippen LogP) is 3.03. The highest BCUT2D eigenvalue weighted by Crippen LogP contribution is 2.27. The molecule has 5 heteroatoms. The molecule has 1 aliphatic heterocycles. The largest absolute Gasteiger partial charge is 0.481 e. The lowest BCUT2D eigenvalue weighted by molar-refractivity contribution is -0.149. The first-order chi connectivity index (χ1) is 10.4. The molecular weight excluding hydrogens is 285 g/mol. The lowest BCUT2D eigenvalue weighted by Gasteiger charge is -2.38. The highest BCUT2D eigenvalue weighted by molar-refractivity contribution is 5.79. The van der Waals surface area contributed by atoms with Crippen LogP contribution in [0.4, 0.5) is 4.39 Å². The zero-order valence-electron chi connectivity index (χ0n) is 13.0. The van der Waals surface area contributed by atoms with Gasteiger partial charge in [-0.25, -0.2) is 4.39 Å². The van der Waals surface area contributed by atoms with Crippen LogP contribution in [0.25, 0.3) is 0 Å². The van der Waals surface area contributed by atoms with E-state index >= 15 is 0 Å². The van der Waals surface area contributed by atoms with Crippen molar-refractivity contribution in [3.8, 4) is 0 Å². The second kappa shape index (κ2) is 6.90. The maximum absolute atomic E-state index is 13.3. The lowest BCUT2D eigenvalue weighted by atomic mass is 9.89. The van der Waals surface area contributed by atoms with E-state index in [4.69, 9.17) is 0 Å². The SMILES string of the molecule is CC(CC(=O)N1CCC[C@H](C(=O)O)[C@@H]1C)c1cccc(F)c1. The predicted molar refractivity (Wildman–Crippen MR) is 81.0 cm³/mol. The highest BCUT2D eigenvalue weighted by atomic mass is 19.1. The zero-order chi connectivity index (χ0) is 16.3. The number of carbonyl (C=O) groups is 2. The fourth-order valence-corrected chi connectivity index (χ4v) is 3.14. The van der Waals surface area contributed by atoms with E-state index in [2.05, 4.69) is 0 Å². The van der Waals surface area contributed by atoms with Gasteiger partial charge in [-0.3, -0.25) is 9.59 Å². The Balaban J connectivity index is 2.03. The molecule has 120 valence electrons. The first kappa shape index (κ1) is 16.5.